The zero-order chi connectivity index (χ0) is 26.4. The number of hydrogen-bond acceptors (Lipinski definition) is 6. The van der Waals surface area contributed by atoms with Crippen LogP contribution in [0.2, 0.25) is 0 Å². The van der Waals surface area contributed by atoms with Gasteiger partial charge in [0.1, 0.15) is 12.6 Å². The maximum absolute atomic E-state index is 13.8. The number of nitrogens with one attached hydrogen (secondary N) is 1. The number of rotatable bonds is 10. The molecule has 2 aromatic rings. The van der Waals surface area contributed by atoms with E-state index in [2.05, 4.69) is 5.32 Å². The van der Waals surface area contributed by atoms with Gasteiger partial charge in [0, 0.05) is 18.7 Å². The third kappa shape index (κ3) is 6.74. The molecule has 0 unspecified atom stereocenters. The van der Waals surface area contributed by atoms with E-state index in [-0.39, 0.29) is 25.3 Å². The SMILES string of the molecule is CC[C@@H](C(=O)NC1CCCCC1)N(Cc1ccccc1)C(=O)CN(c1ccc2c(c1)OCO2)S(C)(=O)=O. The Labute approximate surface area is 218 Å². The first kappa shape index (κ1) is 26.8. The highest BCUT2D eigenvalue weighted by molar-refractivity contribution is 7.92. The minimum atomic E-state index is -3.82. The number of ether oxygens (including phenoxy) is 2. The summed E-state index contributed by atoms with van der Waals surface area (Å²) in [7, 11) is -3.82. The van der Waals surface area contributed by atoms with Crippen molar-refractivity contribution in [1.29, 1.82) is 0 Å². The average molecular weight is 530 g/mol. The summed E-state index contributed by atoms with van der Waals surface area (Å²) >= 11 is 0. The van der Waals surface area contributed by atoms with Crippen molar-refractivity contribution in [3.8, 4) is 11.5 Å². The summed E-state index contributed by atoms with van der Waals surface area (Å²) in [5.41, 5.74) is 1.15. The first-order valence-electron chi connectivity index (χ1n) is 12.8. The summed E-state index contributed by atoms with van der Waals surface area (Å²) in [5.74, 6) is 0.267. The lowest BCUT2D eigenvalue weighted by molar-refractivity contribution is -0.140. The number of nitrogens with zero attached hydrogens (tertiary/aromatic N) is 2. The summed E-state index contributed by atoms with van der Waals surface area (Å²) in [6.07, 6.45) is 6.64. The maximum Gasteiger partial charge on any atom is 0.244 e. The van der Waals surface area contributed by atoms with Crippen LogP contribution in [0, 0.1) is 0 Å². The molecule has 37 heavy (non-hydrogen) atoms. The first-order chi connectivity index (χ1) is 17.8. The maximum atomic E-state index is 13.8. The summed E-state index contributed by atoms with van der Waals surface area (Å²) in [6, 6.07) is 13.5. The molecule has 1 aliphatic heterocycles. The minimum Gasteiger partial charge on any atom is -0.454 e. The van der Waals surface area contributed by atoms with Crippen molar-refractivity contribution in [1.82, 2.24) is 10.2 Å². The highest BCUT2D eigenvalue weighted by atomic mass is 32.2. The molecule has 2 amide bonds. The Morgan fingerprint density at radius 2 is 1.73 bits per heavy atom. The van der Waals surface area contributed by atoms with Crippen molar-refractivity contribution in [2.24, 2.45) is 0 Å². The average Bonchev–Trinajstić information content (AvgIpc) is 3.35. The fourth-order valence-electron chi connectivity index (χ4n) is 4.90. The van der Waals surface area contributed by atoms with Crippen LogP contribution in [0.5, 0.6) is 11.5 Å². The summed E-state index contributed by atoms with van der Waals surface area (Å²) in [5, 5.41) is 3.14. The van der Waals surface area contributed by atoms with Crippen molar-refractivity contribution < 1.29 is 27.5 Å². The lowest BCUT2D eigenvalue weighted by Crippen LogP contribution is -2.53. The minimum absolute atomic E-state index is 0.0513. The van der Waals surface area contributed by atoms with Gasteiger partial charge in [0.15, 0.2) is 11.5 Å². The molecule has 0 saturated heterocycles. The van der Waals surface area contributed by atoms with E-state index in [1.165, 1.54) is 11.3 Å². The molecule has 1 atom stereocenters. The molecule has 1 fully saturated rings. The zero-order valence-corrected chi connectivity index (χ0v) is 22.2. The molecule has 0 spiro atoms. The van der Waals surface area contributed by atoms with E-state index in [9.17, 15) is 18.0 Å². The van der Waals surface area contributed by atoms with E-state index in [1.807, 2.05) is 37.3 Å². The zero-order valence-electron chi connectivity index (χ0n) is 21.4. The largest absolute Gasteiger partial charge is 0.454 e. The number of carbonyl (C=O) groups excluding carboxylic acids is 2. The number of benzene rings is 2. The Hall–Kier alpha value is -3.27. The number of sulfonamides is 1. The molecule has 1 aliphatic carbocycles. The molecule has 4 rings (SSSR count). The number of fused-ring (bicyclic) bond motifs is 1. The van der Waals surface area contributed by atoms with E-state index < -0.39 is 28.5 Å². The van der Waals surface area contributed by atoms with Crippen LogP contribution < -0.4 is 19.1 Å². The van der Waals surface area contributed by atoms with Crippen molar-refractivity contribution in [2.75, 3.05) is 23.9 Å². The van der Waals surface area contributed by atoms with E-state index in [0.717, 1.165) is 41.8 Å². The van der Waals surface area contributed by atoms with E-state index >= 15 is 0 Å². The molecule has 1 saturated carbocycles. The Morgan fingerprint density at radius 3 is 2.41 bits per heavy atom. The van der Waals surface area contributed by atoms with Crippen LogP contribution in [0.4, 0.5) is 5.69 Å². The molecule has 200 valence electrons. The Kier molecular flexibility index (Phi) is 8.58. The molecule has 10 heteroatoms. The van der Waals surface area contributed by atoms with Gasteiger partial charge < -0.3 is 19.7 Å². The van der Waals surface area contributed by atoms with Crippen LogP contribution >= 0.6 is 0 Å². The van der Waals surface area contributed by atoms with E-state index in [0.29, 0.717) is 23.6 Å². The van der Waals surface area contributed by atoms with Gasteiger partial charge in [-0.3, -0.25) is 13.9 Å². The molecule has 2 aromatic carbocycles. The molecule has 9 nitrogen and oxygen atoms in total. The Morgan fingerprint density at radius 1 is 1.03 bits per heavy atom. The van der Waals surface area contributed by atoms with Crippen molar-refractivity contribution in [3.05, 3.63) is 54.1 Å². The molecule has 0 aromatic heterocycles. The third-order valence-electron chi connectivity index (χ3n) is 6.86. The van der Waals surface area contributed by atoms with Gasteiger partial charge in [-0.1, -0.05) is 56.5 Å². The normalized spacial score (nSPS) is 16.2. The predicted octanol–water partition coefficient (Wildman–Crippen LogP) is 3.44. The molecule has 1 heterocycles. The molecule has 2 aliphatic rings. The van der Waals surface area contributed by atoms with Gasteiger partial charge in [-0.2, -0.15) is 0 Å². The van der Waals surface area contributed by atoms with Gasteiger partial charge in [0.05, 0.1) is 11.9 Å². The molecular formula is C27H35N3O6S. The van der Waals surface area contributed by atoms with Crippen LogP contribution in [-0.4, -0.2) is 56.8 Å². The molecular weight excluding hydrogens is 494 g/mol. The number of amides is 2. The lowest BCUT2D eigenvalue weighted by Gasteiger charge is -2.34. The first-order valence-corrected chi connectivity index (χ1v) is 14.6. The molecule has 0 radical (unpaired) electrons. The fraction of sp³-hybridized carbons (Fsp3) is 0.481. The summed E-state index contributed by atoms with van der Waals surface area (Å²) in [4.78, 5) is 28.7. The second-order valence-electron chi connectivity index (χ2n) is 9.58. The van der Waals surface area contributed by atoms with Crippen LogP contribution in [0.1, 0.15) is 51.0 Å². The third-order valence-corrected chi connectivity index (χ3v) is 8.00. The smallest absolute Gasteiger partial charge is 0.244 e. The predicted molar refractivity (Wildman–Crippen MR) is 141 cm³/mol. The van der Waals surface area contributed by atoms with Gasteiger partial charge in [-0.25, -0.2) is 8.42 Å². The second-order valence-corrected chi connectivity index (χ2v) is 11.5. The lowest BCUT2D eigenvalue weighted by atomic mass is 9.95. The molecule has 1 N–H and O–H groups in total. The van der Waals surface area contributed by atoms with Gasteiger partial charge in [-0.15, -0.1) is 0 Å². The fourth-order valence-corrected chi connectivity index (χ4v) is 5.74. The monoisotopic (exact) mass is 529 g/mol. The Bertz CT molecular complexity index is 1200. The summed E-state index contributed by atoms with van der Waals surface area (Å²) in [6.45, 7) is 1.66. The van der Waals surface area contributed by atoms with Crippen LogP contribution in [0.25, 0.3) is 0 Å². The van der Waals surface area contributed by atoms with Crippen LogP contribution in [-0.2, 0) is 26.2 Å². The van der Waals surface area contributed by atoms with Gasteiger partial charge in [0.2, 0.25) is 28.6 Å². The standard InChI is InChI=1S/C27H35N3O6S/c1-3-23(27(32)28-21-12-8-5-9-13-21)29(17-20-10-6-4-7-11-20)26(31)18-30(37(2,33)34)22-14-15-24-25(16-22)36-19-35-24/h4,6-7,10-11,14-16,21,23H,3,5,8-9,12-13,17-19H2,1-2H3,(H,28,32)/t23-/m0/s1. The van der Waals surface area contributed by atoms with Crippen molar-refractivity contribution in [3.63, 3.8) is 0 Å². The van der Waals surface area contributed by atoms with Gasteiger partial charge in [0.25, 0.3) is 0 Å². The van der Waals surface area contributed by atoms with Gasteiger partial charge in [-0.05, 0) is 37.0 Å². The van der Waals surface area contributed by atoms with Crippen molar-refractivity contribution in [2.45, 2.75) is 64.1 Å². The number of carbonyl (C=O) groups is 2. The van der Waals surface area contributed by atoms with E-state index in [1.54, 1.807) is 18.2 Å². The van der Waals surface area contributed by atoms with Crippen LogP contribution in [0.3, 0.4) is 0 Å². The number of anilines is 1. The van der Waals surface area contributed by atoms with E-state index in [4.69, 9.17) is 9.47 Å². The molecule has 0 bridgehead atoms. The second kappa shape index (κ2) is 11.9. The van der Waals surface area contributed by atoms with Crippen LogP contribution in [0.15, 0.2) is 48.5 Å². The highest BCUT2D eigenvalue weighted by Gasteiger charge is 2.33. The van der Waals surface area contributed by atoms with Gasteiger partial charge >= 0.3 is 0 Å². The number of hydrogen-bond donors (Lipinski definition) is 1. The quantitative estimate of drug-likeness (QED) is 0.506. The summed E-state index contributed by atoms with van der Waals surface area (Å²) < 4.78 is 37.3. The van der Waals surface area contributed by atoms with Crippen molar-refractivity contribution >= 4 is 27.5 Å². The highest BCUT2D eigenvalue weighted by Crippen LogP contribution is 2.36. The Balaban J connectivity index is 1.60. The topological polar surface area (TPSA) is 105 Å².